The molecular weight excluding hydrogens is 467 g/mol. The molecule has 0 aliphatic rings. The van der Waals surface area contributed by atoms with Gasteiger partial charge in [-0.25, -0.2) is 4.79 Å². The van der Waals surface area contributed by atoms with Gasteiger partial charge in [0.05, 0.1) is 35.3 Å². The topological polar surface area (TPSA) is 99.7 Å². The predicted octanol–water partition coefficient (Wildman–Crippen LogP) is 3.34. The van der Waals surface area contributed by atoms with Crippen LogP contribution in [0.25, 0.3) is 33.2 Å². The van der Waals surface area contributed by atoms with Crippen LogP contribution in [0, 0.1) is 0 Å². The van der Waals surface area contributed by atoms with E-state index in [0.29, 0.717) is 38.9 Å². The molecule has 0 aliphatic heterocycles. The Morgan fingerprint density at radius 1 is 1.00 bits per heavy atom. The summed E-state index contributed by atoms with van der Waals surface area (Å²) in [5.41, 5.74) is 1.73. The summed E-state index contributed by atoms with van der Waals surface area (Å²) in [6.45, 7) is 0.328. The van der Waals surface area contributed by atoms with Gasteiger partial charge in [-0.2, -0.15) is 10.2 Å². The molecule has 0 bridgehead atoms. The molecule has 0 amide bonds. The molecular formula is C22H18Cl2N6O3. The summed E-state index contributed by atoms with van der Waals surface area (Å²) in [5.74, 6) is 0.725. The van der Waals surface area contributed by atoms with E-state index in [-0.39, 0.29) is 11.0 Å². The maximum Gasteiger partial charge on any atom is 0.329 e. The SMILES string of the molecule is COc1ccc(Cn2nc3[nH]c(=O)n(C)c(=O)c3c2-c2ccc3nn(C)c(Cl)c3c2Cl)cc1. The van der Waals surface area contributed by atoms with E-state index >= 15 is 0 Å². The highest BCUT2D eigenvalue weighted by Gasteiger charge is 2.23. The third kappa shape index (κ3) is 3.32. The van der Waals surface area contributed by atoms with Crippen LogP contribution in [0.3, 0.4) is 0 Å². The van der Waals surface area contributed by atoms with E-state index in [2.05, 4.69) is 15.2 Å². The van der Waals surface area contributed by atoms with Crippen LogP contribution in [0.4, 0.5) is 0 Å². The number of ether oxygens (including phenoxy) is 1. The average molecular weight is 485 g/mol. The first-order valence-electron chi connectivity index (χ1n) is 9.94. The normalized spacial score (nSPS) is 11.5. The van der Waals surface area contributed by atoms with E-state index < -0.39 is 11.2 Å². The van der Waals surface area contributed by atoms with Crippen molar-refractivity contribution in [2.24, 2.45) is 14.1 Å². The second-order valence-corrected chi connectivity index (χ2v) is 8.34. The Hall–Kier alpha value is -3.56. The molecule has 0 atom stereocenters. The Balaban J connectivity index is 1.82. The van der Waals surface area contributed by atoms with Crippen molar-refractivity contribution >= 4 is 45.1 Å². The van der Waals surface area contributed by atoms with E-state index in [0.717, 1.165) is 15.9 Å². The first kappa shape index (κ1) is 21.3. The molecule has 0 fully saturated rings. The maximum atomic E-state index is 13.1. The van der Waals surface area contributed by atoms with Gasteiger partial charge in [0.1, 0.15) is 16.3 Å². The number of H-pyrrole nitrogens is 1. The molecule has 2 aromatic carbocycles. The highest BCUT2D eigenvalue weighted by atomic mass is 35.5. The summed E-state index contributed by atoms with van der Waals surface area (Å²) in [6.07, 6.45) is 0. The van der Waals surface area contributed by atoms with Gasteiger partial charge >= 0.3 is 5.69 Å². The number of halogens is 2. The molecule has 1 N–H and O–H groups in total. The van der Waals surface area contributed by atoms with Gasteiger partial charge in [-0.1, -0.05) is 35.3 Å². The highest BCUT2D eigenvalue weighted by Crippen LogP contribution is 2.39. The summed E-state index contributed by atoms with van der Waals surface area (Å²) >= 11 is 13.3. The van der Waals surface area contributed by atoms with Crippen LogP contribution >= 0.6 is 23.2 Å². The van der Waals surface area contributed by atoms with Crippen molar-refractivity contribution in [1.29, 1.82) is 0 Å². The van der Waals surface area contributed by atoms with Crippen LogP contribution in [0.5, 0.6) is 5.75 Å². The average Bonchev–Trinajstić information content (AvgIpc) is 3.30. The molecule has 5 rings (SSSR count). The summed E-state index contributed by atoms with van der Waals surface area (Å²) in [4.78, 5) is 28.0. The fourth-order valence-corrected chi connectivity index (χ4v) is 4.50. The molecule has 0 saturated carbocycles. The number of fused-ring (bicyclic) bond motifs is 2. The fourth-order valence-electron chi connectivity index (χ4n) is 3.88. The van der Waals surface area contributed by atoms with E-state index in [4.69, 9.17) is 27.9 Å². The quantitative estimate of drug-likeness (QED) is 0.421. The fraction of sp³-hybridized carbons (Fsp3) is 0.182. The van der Waals surface area contributed by atoms with Crippen LogP contribution in [0.1, 0.15) is 5.56 Å². The van der Waals surface area contributed by atoms with Gasteiger partial charge in [0.2, 0.25) is 0 Å². The molecule has 3 aromatic heterocycles. The number of benzene rings is 2. The summed E-state index contributed by atoms with van der Waals surface area (Å²) in [7, 11) is 4.73. The Labute approximate surface area is 196 Å². The molecule has 3 heterocycles. The second-order valence-electron chi connectivity index (χ2n) is 7.61. The first-order chi connectivity index (χ1) is 15.8. The second kappa shape index (κ2) is 7.79. The lowest BCUT2D eigenvalue weighted by molar-refractivity contribution is 0.414. The zero-order valence-electron chi connectivity index (χ0n) is 17.9. The van der Waals surface area contributed by atoms with E-state index in [1.165, 1.54) is 11.7 Å². The van der Waals surface area contributed by atoms with E-state index in [1.807, 2.05) is 24.3 Å². The number of hydrogen-bond donors (Lipinski definition) is 1. The van der Waals surface area contributed by atoms with Gasteiger partial charge < -0.3 is 4.74 Å². The predicted molar refractivity (Wildman–Crippen MR) is 127 cm³/mol. The lowest BCUT2D eigenvalue weighted by Gasteiger charge is -2.11. The number of nitrogens with zero attached hydrogens (tertiary/aromatic N) is 5. The largest absolute Gasteiger partial charge is 0.497 e. The van der Waals surface area contributed by atoms with Crippen molar-refractivity contribution in [1.82, 2.24) is 29.1 Å². The van der Waals surface area contributed by atoms with Crippen LogP contribution in [-0.2, 0) is 20.6 Å². The van der Waals surface area contributed by atoms with Crippen molar-refractivity contribution < 1.29 is 4.74 Å². The number of hydrogen-bond acceptors (Lipinski definition) is 5. The Bertz CT molecular complexity index is 1660. The molecule has 0 saturated heterocycles. The van der Waals surface area contributed by atoms with Crippen LogP contribution < -0.4 is 16.0 Å². The number of nitrogens with one attached hydrogen (secondary N) is 1. The third-order valence-electron chi connectivity index (χ3n) is 5.62. The Morgan fingerprint density at radius 2 is 1.73 bits per heavy atom. The van der Waals surface area contributed by atoms with Crippen LogP contribution in [0.15, 0.2) is 46.0 Å². The number of rotatable bonds is 4. The minimum atomic E-state index is -0.551. The van der Waals surface area contributed by atoms with Crippen LogP contribution in [0.2, 0.25) is 10.2 Å². The van der Waals surface area contributed by atoms with Crippen molar-refractivity contribution in [2.75, 3.05) is 7.11 Å². The molecule has 168 valence electrons. The zero-order chi connectivity index (χ0) is 23.4. The van der Waals surface area contributed by atoms with Crippen molar-refractivity contribution in [2.45, 2.75) is 6.54 Å². The van der Waals surface area contributed by atoms with Gasteiger partial charge in [-0.05, 0) is 29.8 Å². The molecule has 11 heteroatoms. The number of aryl methyl sites for hydroxylation is 1. The smallest absolute Gasteiger partial charge is 0.329 e. The molecule has 0 aliphatic carbocycles. The molecule has 5 aromatic rings. The third-order valence-corrected chi connectivity index (χ3v) is 6.44. The first-order valence-corrected chi connectivity index (χ1v) is 10.7. The van der Waals surface area contributed by atoms with Gasteiger partial charge in [0.15, 0.2) is 5.65 Å². The monoisotopic (exact) mass is 484 g/mol. The van der Waals surface area contributed by atoms with Gasteiger partial charge in [0.25, 0.3) is 5.56 Å². The summed E-state index contributed by atoms with van der Waals surface area (Å²) in [5, 5.41) is 10.5. The summed E-state index contributed by atoms with van der Waals surface area (Å²) < 4.78 is 9.42. The number of methoxy groups -OCH3 is 1. The molecule has 9 nitrogen and oxygen atoms in total. The van der Waals surface area contributed by atoms with Crippen molar-refractivity contribution in [3.05, 3.63) is 73.0 Å². The van der Waals surface area contributed by atoms with Crippen molar-refractivity contribution in [3.8, 4) is 17.0 Å². The summed E-state index contributed by atoms with van der Waals surface area (Å²) in [6, 6.07) is 11.0. The van der Waals surface area contributed by atoms with Gasteiger partial charge in [0, 0.05) is 19.7 Å². The van der Waals surface area contributed by atoms with E-state index in [9.17, 15) is 9.59 Å². The van der Waals surface area contributed by atoms with Gasteiger partial charge in [-0.15, -0.1) is 0 Å². The number of aromatic amines is 1. The standard InChI is InChI=1S/C22H18Cl2N6O3/c1-28-21(31)16-18(13-8-9-14-15(17(13)23)19(24)29(2)26-14)30(27-20(16)25-22(28)32)10-11-4-6-12(33-3)7-5-11/h4-9H,10H2,1-3H3,(H,25,27,32). The molecule has 0 radical (unpaired) electrons. The minimum Gasteiger partial charge on any atom is -0.497 e. The molecule has 0 spiro atoms. The number of aromatic nitrogens is 6. The maximum absolute atomic E-state index is 13.1. The minimum absolute atomic E-state index is 0.181. The highest BCUT2D eigenvalue weighted by molar-refractivity contribution is 6.43. The molecule has 0 unspecified atom stereocenters. The lowest BCUT2D eigenvalue weighted by Crippen LogP contribution is -2.32. The lowest BCUT2D eigenvalue weighted by atomic mass is 10.1. The zero-order valence-corrected chi connectivity index (χ0v) is 19.4. The Morgan fingerprint density at radius 3 is 2.42 bits per heavy atom. The molecule has 33 heavy (non-hydrogen) atoms. The van der Waals surface area contributed by atoms with Crippen molar-refractivity contribution in [3.63, 3.8) is 0 Å². The van der Waals surface area contributed by atoms with E-state index in [1.54, 1.807) is 31.0 Å². The Kier molecular flexibility index (Phi) is 5.02. The van der Waals surface area contributed by atoms with Crippen LogP contribution in [-0.4, -0.2) is 36.2 Å². The van der Waals surface area contributed by atoms with Gasteiger partial charge in [-0.3, -0.25) is 23.7 Å².